The summed E-state index contributed by atoms with van der Waals surface area (Å²) in [5.74, 6) is 1.21. The van der Waals surface area contributed by atoms with E-state index in [2.05, 4.69) is 16.8 Å². The zero-order valence-electron chi connectivity index (χ0n) is 20.6. The van der Waals surface area contributed by atoms with E-state index in [1.165, 1.54) is 6.07 Å². The number of aromatic nitrogens is 2. The molecule has 9 heteroatoms. The predicted molar refractivity (Wildman–Crippen MR) is 134 cm³/mol. The average Bonchev–Trinajstić information content (AvgIpc) is 2.90. The van der Waals surface area contributed by atoms with Gasteiger partial charge in [0.05, 0.1) is 17.8 Å². The normalized spacial score (nSPS) is 16.0. The summed E-state index contributed by atoms with van der Waals surface area (Å²) < 4.78 is 25.6. The largest absolute Gasteiger partial charge is 0.445 e. The van der Waals surface area contributed by atoms with Crippen LogP contribution in [-0.2, 0) is 24.3 Å². The predicted octanol–water partition coefficient (Wildman–Crippen LogP) is 4.16. The van der Waals surface area contributed by atoms with E-state index in [4.69, 9.17) is 19.4 Å². The van der Waals surface area contributed by atoms with Crippen LogP contribution in [0.1, 0.15) is 22.4 Å². The van der Waals surface area contributed by atoms with Gasteiger partial charge in [0.2, 0.25) is 11.8 Å². The molecule has 0 N–H and O–H groups in total. The summed E-state index contributed by atoms with van der Waals surface area (Å²) in [6, 6.07) is 14.2. The Morgan fingerprint density at radius 2 is 1.81 bits per heavy atom. The van der Waals surface area contributed by atoms with Crippen molar-refractivity contribution in [2.24, 2.45) is 0 Å². The fourth-order valence-corrected chi connectivity index (χ4v) is 4.36. The van der Waals surface area contributed by atoms with Crippen LogP contribution >= 0.6 is 0 Å². The lowest BCUT2D eigenvalue weighted by molar-refractivity contribution is 0.0912. The second-order valence-corrected chi connectivity index (χ2v) is 9.27. The van der Waals surface area contributed by atoms with E-state index in [1.807, 2.05) is 30.3 Å². The molecule has 1 saturated heterocycles. The van der Waals surface area contributed by atoms with Crippen LogP contribution in [0, 0.1) is 12.7 Å². The molecule has 2 aliphatic rings. The number of anilines is 1. The fraction of sp³-hybridized carbons (Fsp3) is 0.370. The molecule has 3 aromatic rings. The van der Waals surface area contributed by atoms with Crippen LogP contribution < -0.4 is 9.64 Å². The SMILES string of the molecule is Cc1cc(Oc2nc(N3CCN(C)CC3)nc3c2CN(C(=O)OCc2ccccc2)CC3)ccc1F. The molecule has 0 atom stereocenters. The van der Waals surface area contributed by atoms with Crippen molar-refractivity contribution in [3.63, 3.8) is 0 Å². The number of carbonyl (C=O) groups is 1. The van der Waals surface area contributed by atoms with Crippen molar-refractivity contribution in [3.05, 3.63) is 76.7 Å². The summed E-state index contributed by atoms with van der Waals surface area (Å²) >= 11 is 0. The van der Waals surface area contributed by atoms with Crippen LogP contribution in [-0.4, -0.2) is 65.6 Å². The second-order valence-electron chi connectivity index (χ2n) is 9.27. The van der Waals surface area contributed by atoms with E-state index in [9.17, 15) is 9.18 Å². The van der Waals surface area contributed by atoms with Crippen molar-refractivity contribution in [3.8, 4) is 11.6 Å². The maximum Gasteiger partial charge on any atom is 0.410 e. The quantitative estimate of drug-likeness (QED) is 0.531. The number of hydrogen-bond donors (Lipinski definition) is 0. The lowest BCUT2D eigenvalue weighted by Gasteiger charge is -2.34. The Balaban J connectivity index is 1.39. The molecule has 5 rings (SSSR count). The highest BCUT2D eigenvalue weighted by Gasteiger charge is 2.29. The topological polar surface area (TPSA) is 71.0 Å². The van der Waals surface area contributed by atoms with Gasteiger partial charge in [0.25, 0.3) is 0 Å². The molecule has 1 aromatic heterocycles. The van der Waals surface area contributed by atoms with Crippen molar-refractivity contribution in [2.75, 3.05) is 44.7 Å². The van der Waals surface area contributed by atoms with Gasteiger partial charge in [-0.1, -0.05) is 30.3 Å². The van der Waals surface area contributed by atoms with E-state index in [1.54, 1.807) is 24.0 Å². The number of hydrogen-bond acceptors (Lipinski definition) is 7. The van der Waals surface area contributed by atoms with Gasteiger partial charge in [-0.2, -0.15) is 4.98 Å². The summed E-state index contributed by atoms with van der Waals surface area (Å²) in [6.07, 6.45) is 0.175. The average molecular weight is 492 g/mol. The lowest BCUT2D eigenvalue weighted by Crippen LogP contribution is -2.45. The molecule has 1 amide bonds. The molecule has 0 bridgehead atoms. The smallest absolute Gasteiger partial charge is 0.410 e. The Labute approximate surface area is 210 Å². The number of carbonyl (C=O) groups excluding carboxylic acids is 1. The van der Waals surface area contributed by atoms with Crippen LogP contribution in [0.15, 0.2) is 48.5 Å². The third kappa shape index (κ3) is 5.41. The standard InChI is InChI=1S/C27H30FN5O3/c1-19-16-21(8-9-23(19)28)36-25-22-17-33(27(34)35-18-20-6-4-3-5-7-20)11-10-24(22)29-26(30-25)32-14-12-31(2)13-15-32/h3-9,16H,10-15,17-18H2,1-2H3. The van der Waals surface area contributed by atoms with E-state index in [0.717, 1.165) is 43.0 Å². The molecular formula is C27H30FN5O3. The van der Waals surface area contributed by atoms with Crippen molar-refractivity contribution in [1.29, 1.82) is 0 Å². The molecule has 0 saturated carbocycles. The van der Waals surface area contributed by atoms with Crippen molar-refractivity contribution >= 4 is 12.0 Å². The van der Waals surface area contributed by atoms with E-state index >= 15 is 0 Å². The number of aryl methyl sites for hydroxylation is 1. The summed E-state index contributed by atoms with van der Waals surface area (Å²) in [7, 11) is 2.10. The molecule has 2 aliphatic heterocycles. The van der Waals surface area contributed by atoms with Crippen LogP contribution in [0.2, 0.25) is 0 Å². The first-order valence-corrected chi connectivity index (χ1v) is 12.2. The molecule has 36 heavy (non-hydrogen) atoms. The van der Waals surface area contributed by atoms with Crippen LogP contribution in [0.4, 0.5) is 15.1 Å². The molecule has 0 aliphatic carbocycles. The van der Waals surface area contributed by atoms with Gasteiger partial charge in [0.1, 0.15) is 18.2 Å². The number of likely N-dealkylation sites (N-methyl/N-ethyl adjacent to an activating group) is 1. The van der Waals surface area contributed by atoms with Gasteiger partial charge in [-0.15, -0.1) is 0 Å². The Bertz CT molecular complexity index is 1230. The molecule has 0 unspecified atom stereocenters. The van der Waals surface area contributed by atoms with Crippen LogP contribution in [0.25, 0.3) is 0 Å². The first-order valence-electron chi connectivity index (χ1n) is 12.2. The summed E-state index contributed by atoms with van der Waals surface area (Å²) in [6.45, 7) is 6.17. The number of ether oxygens (including phenoxy) is 2. The zero-order chi connectivity index (χ0) is 25.1. The van der Waals surface area contributed by atoms with Gasteiger partial charge in [-0.3, -0.25) is 0 Å². The monoisotopic (exact) mass is 491 g/mol. The van der Waals surface area contributed by atoms with Crippen LogP contribution in [0.3, 0.4) is 0 Å². The molecule has 1 fully saturated rings. The maximum atomic E-state index is 13.8. The minimum Gasteiger partial charge on any atom is -0.445 e. The van der Waals surface area contributed by atoms with Gasteiger partial charge >= 0.3 is 6.09 Å². The third-order valence-corrected chi connectivity index (χ3v) is 6.60. The highest BCUT2D eigenvalue weighted by atomic mass is 19.1. The Kier molecular flexibility index (Phi) is 6.99. The van der Waals surface area contributed by atoms with Crippen molar-refractivity contribution in [2.45, 2.75) is 26.5 Å². The van der Waals surface area contributed by atoms with E-state index < -0.39 is 6.09 Å². The summed E-state index contributed by atoms with van der Waals surface area (Å²) in [5.41, 5.74) is 3.03. The number of nitrogens with zero attached hydrogens (tertiary/aromatic N) is 5. The number of benzene rings is 2. The Morgan fingerprint density at radius 3 is 2.56 bits per heavy atom. The second kappa shape index (κ2) is 10.5. The molecule has 3 heterocycles. The lowest BCUT2D eigenvalue weighted by atomic mass is 10.1. The number of halogens is 1. The highest BCUT2D eigenvalue weighted by Crippen LogP contribution is 2.32. The minimum absolute atomic E-state index is 0.208. The Morgan fingerprint density at radius 1 is 1.03 bits per heavy atom. The number of piperazine rings is 1. The molecular weight excluding hydrogens is 461 g/mol. The van der Waals surface area contributed by atoms with Gasteiger partial charge < -0.3 is 24.2 Å². The molecule has 2 aromatic carbocycles. The molecule has 8 nitrogen and oxygen atoms in total. The Hall–Kier alpha value is -3.72. The number of rotatable bonds is 5. The molecule has 188 valence electrons. The van der Waals surface area contributed by atoms with Gasteiger partial charge in [0, 0.05) is 39.1 Å². The minimum atomic E-state index is -0.392. The van der Waals surface area contributed by atoms with E-state index in [0.29, 0.717) is 36.1 Å². The van der Waals surface area contributed by atoms with E-state index in [-0.39, 0.29) is 19.0 Å². The zero-order valence-corrected chi connectivity index (χ0v) is 20.6. The van der Waals surface area contributed by atoms with Crippen molar-refractivity contribution < 1.29 is 18.7 Å². The van der Waals surface area contributed by atoms with Gasteiger partial charge in [0.15, 0.2) is 0 Å². The third-order valence-electron chi connectivity index (χ3n) is 6.60. The number of amides is 1. The van der Waals surface area contributed by atoms with Crippen LogP contribution in [0.5, 0.6) is 11.6 Å². The highest BCUT2D eigenvalue weighted by molar-refractivity contribution is 5.68. The van der Waals surface area contributed by atoms with Gasteiger partial charge in [-0.05, 0) is 43.3 Å². The maximum absolute atomic E-state index is 13.8. The molecule has 0 radical (unpaired) electrons. The summed E-state index contributed by atoms with van der Waals surface area (Å²) in [4.78, 5) is 28.5. The van der Waals surface area contributed by atoms with Gasteiger partial charge in [-0.25, -0.2) is 14.2 Å². The first kappa shape index (κ1) is 24.0. The first-order chi connectivity index (χ1) is 17.5. The fourth-order valence-electron chi connectivity index (χ4n) is 4.36. The number of fused-ring (bicyclic) bond motifs is 1. The molecule has 0 spiro atoms. The van der Waals surface area contributed by atoms with Crippen molar-refractivity contribution in [1.82, 2.24) is 19.8 Å². The summed E-state index contributed by atoms with van der Waals surface area (Å²) in [5, 5.41) is 0.